The van der Waals surface area contributed by atoms with Crippen molar-refractivity contribution in [2.75, 3.05) is 13.7 Å². The SMILES string of the molecule is COc1ccc(Cc2cc(C3OC(CO)C(F)(F)C(O)C3O)ccc2Cl)nc1. The molecule has 1 saturated heterocycles. The molecule has 1 fully saturated rings. The monoisotopic (exact) mass is 415 g/mol. The molecule has 1 aromatic carbocycles. The summed E-state index contributed by atoms with van der Waals surface area (Å²) in [6.07, 6.45) is -5.51. The van der Waals surface area contributed by atoms with Crippen molar-refractivity contribution in [2.24, 2.45) is 0 Å². The summed E-state index contributed by atoms with van der Waals surface area (Å²) in [7, 11) is 1.53. The Balaban J connectivity index is 1.87. The van der Waals surface area contributed by atoms with E-state index in [9.17, 15) is 24.1 Å². The predicted molar refractivity (Wildman–Crippen MR) is 96.7 cm³/mol. The van der Waals surface area contributed by atoms with Crippen LogP contribution in [-0.2, 0) is 11.2 Å². The second-order valence-electron chi connectivity index (χ2n) is 6.55. The molecule has 152 valence electrons. The fraction of sp³-hybridized carbons (Fsp3) is 0.421. The first kappa shape index (κ1) is 20.9. The Morgan fingerprint density at radius 2 is 2.00 bits per heavy atom. The number of aliphatic hydroxyl groups is 3. The zero-order valence-corrected chi connectivity index (χ0v) is 15.7. The number of ether oxygens (including phenoxy) is 2. The maximum Gasteiger partial charge on any atom is 0.303 e. The van der Waals surface area contributed by atoms with Crippen LogP contribution in [0, 0.1) is 0 Å². The van der Waals surface area contributed by atoms with Gasteiger partial charge in [-0.05, 0) is 29.3 Å². The Morgan fingerprint density at radius 1 is 1.25 bits per heavy atom. The second-order valence-corrected chi connectivity index (χ2v) is 6.96. The van der Waals surface area contributed by atoms with Gasteiger partial charge in [0.15, 0.2) is 0 Å². The van der Waals surface area contributed by atoms with E-state index < -0.39 is 36.9 Å². The van der Waals surface area contributed by atoms with E-state index in [4.69, 9.17) is 21.1 Å². The molecule has 3 rings (SSSR count). The second kappa shape index (κ2) is 8.26. The number of halogens is 3. The van der Waals surface area contributed by atoms with E-state index >= 15 is 0 Å². The highest BCUT2D eigenvalue weighted by atomic mass is 35.5. The van der Waals surface area contributed by atoms with Crippen molar-refractivity contribution < 1.29 is 33.6 Å². The molecule has 4 unspecified atom stereocenters. The standard InChI is InChI=1S/C19H20ClF2NO5/c1-27-13-4-3-12(23-8-13)7-11-6-10(2-5-14(11)20)17-16(25)18(26)19(21,22)15(9-24)28-17/h2-6,8,15-18,24-26H,7,9H2,1H3. The lowest BCUT2D eigenvalue weighted by atomic mass is 9.89. The van der Waals surface area contributed by atoms with Gasteiger partial charge in [0, 0.05) is 17.1 Å². The third-order valence-corrected chi connectivity index (χ3v) is 5.11. The smallest absolute Gasteiger partial charge is 0.303 e. The molecule has 9 heteroatoms. The van der Waals surface area contributed by atoms with Crippen LogP contribution in [-0.4, -0.2) is 58.3 Å². The number of nitrogens with zero attached hydrogens (tertiary/aromatic N) is 1. The molecule has 2 heterocycles. The zero-order valence-electron chi connectivity index (χ0n) is 14.9. The summed E-state index contributed by atoms with van der Waals surface area (Å²) in [6, 6.07) is 8.19. The maximum absolute atomic E-state index is 14.0. The zero-order chi connectivity index (χ0) is 20.5. The van der Waals surface area contributed by atoms with Crippen molar-refractivity contribution in [3.8, 4) is 5.75 Å². The molecule has 4 atom stereocenters. The predicted octanol–water partition coefficient (Wildman–Crippen LogP) is 2.12. The number of aromatic nitrogens is 1. The minimum absolute atomic E-state index is 0.349. The van der Waals surface area contributed by atoms with Gasteiger partial charge in [0.2, 0.25) is 0 Å². The number of benzene rings is 1. The Kier molecular flexibility index (Phi) is 6.16. The van der Waals surface area contributed by atoms with Gasteiger partial charge in [-0.25, -0.2) is 8.78 Å². The van der Waals surface area contributed by atoms with E-state index in [0.717, 1.165) is 0 Å². The van der Waals surface area contributed by atoms with Crippen molar-refractivity contribution >= 4 is 11.6 Å². The molecular formula is C19H20ClF2NO5. The van der Waals surface area contributed by atoms with Crippen LogP contribution in [0.3, 0.4) is 0 Å². The minimum atomic E-state index is -3.77. The van der Waals surface area contributed by atoms with Gasteiger partial charge in [0.25, 0.3) is 0 Å². The lowest BCUT2D eigenvalue weighted by Gasteiger charge is -2.42. The summed E-state index contributed by atoms with van der Waals surface area (Å²) in [6.45, 7) is -0.997. The molecule has 3 N–H and O–H groups in total. The largest absolute Gasteiger partial charge is 0.495 e. The summed E-state index contributed by atoms with van der Waals surface area (Å²) in [4.78, 5) is 4.26. The van der Waals surface area contributed by atoms with Gasteiger partial charge in [-0.3, -0.25) is 4.98 Å². The van der Waals surface area contributed by atoms with Crippen LogP contribution in [0.25, 0.3) is 0 Å². The minimum Gasteiger partial charge on any atom is -0.495 e. The van der Waals surface area contributed by atoms with Crippen LogP contribution in [0.15, 0.2) is 36.5 Å². The molecule has 0 bridgehead atoms. The third-order valence-electron chi connectivity index (χ3n) is 4.74. The lowest BCUT2D eigenvalue weighted by molar-refractivity contribution is -0.296. The summed E-state index contributed by atoms with van der Waals surface area (Å²) in [5.41, 5.74) is 1.69. The summed E-state index contributed by atoms with van der Waals surface area (Å²) in [5.74, 6) is -3.17. The van der Waals surface area contributed by atoms with E-state index in [2.05, 4.69) is 4.98 Å². The molecule has 1 aliphatic rings. The van der Waals surface area contributed by atoms with Gasteiger partial charge in [0.05, 0.1) is 19.9 Å². The number of methoxy groups -OCH3 is 1. The normalized spacial score (nSPS) is 26.8. The number of hydrogen-bond donors (Lipinski definition) is 3. The average Bonchev–Trinajstić information content (AvgIpc) is 2.69. The molecular weight excluding hydrogens is 396 g/mol. The Bertz CT molecular complexity index is 816. The van der Waals surface area contributed by atoms with Crippen LogP contribution in [0.1, 0.15) is 22.9 Å². The van der Waals surface area contributed by atoms with Gasteiger partial charge >= 0.3 is 5.92 Å². The average molecular weight is 416 g/mol. The molecule has 0 radical (unpaired) electrons. The number of aliphatic hydroxyl groups excluding tert-OH is 3. The number of pyridine rings is 1. The highest BCUT2D eigenvalue weighted by molar-refractivity contribution is 6.31. The van der Waals surface area contributed by atoms with Crippen molar-refractivity contribution in [3.63, 3.8) is 0 Å². The molecule has 0 spiro atoms. The Labute approximate surface area is 165 Å². The first-order valence-electron chi connectivity index (χ1n) is 8.55. The van der Waals surface area contributed by atoms with Gasteiger partial charge in [0.1, 0.15) is 30.2 Å². The number of rotatable bonds is 5. The van der Waals surface area contributed by atoms with Gasteiger partial charge in [-0.2, -0.15) is 0 Å². The van der Waals surface area contributed by atoms with Gasteiger partial charge in [-0.1, -0.05) is 23.7 Å². The van der Waals surface area contributed by atoms with E-state index in [0.29, 0.717) is 34.0 Å². The Morgan fingerprint density at radius 3 is 2.61 bits per heavy atom. The van der Waals surface area contributed by atoms with Crippen molar-refractivity contribution in [1.82, 2.24) is 4.98 Å². The first-order valence-corrected chi connectivity index (χ1v) is 8.93. The van der Waals surface area contributed by atoms with Crippen molar-refractivity contribution in [3.05, 3.63) is 58.4 Å². The summed E-state index contributed by atoms with van der Waals surface area (Å²) >= 11 is 6.24. The van der Waals surface area contributed by atoms with E-state index in [1.54, 1.807) is 30.5 Å². The van der Waals surface area contributed by atoms with Crippen molar-refractivity contribution in [2.45, 2.75) is 36.8 Å². The van der Waals surface area contributed by atoms with E-state index in [1.807, 2.05) is 0 Å². The Hall–Kier alpha value is -1.84. The molecule has 1 aliphatic heterocycles. The molecule has 0 amide bonds. The van der Waals surface area contributed by atoms with E-state index in [1.165, 1.54) is 13.2 Å². The lowest BCUT2D eigenvalue weighted by Crippen LogP contribution is -2.59. The molecule has 0 aliphatic carbocycles. The van der Waals surface area contributed by atoms with Crippen LogP contribution in [0.5, 0.6) is 5.75 Å². The quantitative estimate of drug-likeness (QED) is 0.693. The fourth-order valence-electron chi connectivity index (χ4n) is 3.11. The van der Waals surface area contributed by atoms with Gasteiger partial charge in [-0.15, -0.1) is 0 Å². The third kappa shape index (κ3) is 3.97. The molecule has 2 aromatic rings. The van der Waals surface area contributed by atoms with Gasteiger partial charge < -0.3 is 24.8 Å². The van der Waals surface area contributed by atoms with E-state index in [-0.39, 0.29) is 0 Å². The molecule has 28 heavy (non-hydrogen) atoms. The maximum atomic E-state index is 14.0. The molecule has 0 saturated carbocycles. The highest BCUT2D eigenvalue weighted by Crippen LogP contribution is 2.41. The number of hydrogen-bond acceptors (Lipinski definition) is 6. The van der Waals surface area contributed by atoms with Crippen LogP contribution in [0.4, 0.5) is 8.78 Å². The van der Waals surface area contributed by atoms with Crippen LogP contribution < -0.4 is 4.74 Å². The number of alkyl halides is 2. The topological polar surface area (TPSA) is 92.0 Å². The van der Waals surface area contributed by atoms with Crippen LogP contribution in [0.2, 0.25) is 5.02 Å². The molecule has 6 nitrogen and oxygen atoms in total. The summed E-state index contributed by atoms with van der Waals surface area (Å²) in [5, 5.41) is 29.6. The fourth-order valence-corrected chi connectivity index (χ4v) is 3.30. The highest BCUT2D eigenvalue weighted by Gasteiger charge is 2.57. The molecule has 1 aromatic heterocycles. The van der Waals surface area contributed by atoms with Crippen molar-refractivity contribution in [1.29, 1.82) is 0 Å². The van der Waals surface area contributed by atoms with Crippen LogP contribution >= 0.6 is 11.6 Å². The summed E-state index contributed by atoms with van der Waals surface area (Å²) < 4.78 is 38.2. The first-order chi connectivity index (χ1) is 13.3.